The molecule has 2 aromatic heterocycles. The zero-order valence-corrected chi connectivity index (χ0v) is 12.6. The van der Waals surface area contributed by atoms with Crippen molar-refractivity contribution in [2.24, 2.45) is 0 Å². The average Bonchev–Trinajstić information content (AvgIpc) is 2.49. The van der Waals surface area contributed by atoms with Gasteiger partial charge in [-0.1, -0.05) is 6.33 Å². The Bertz CT molecular complexity index is 599. The van der Waals surface area contributed by atoms with Crippen molar-refractivity contribution in [1.29, 1.82) is 0 Å². The van der Waals surface area contributed by atoms with Crippen LogP contribution in [-0.2, 0) is 40.8 Å². The Kier molecular flexibility index (Phi) is 10.7. The molecule has 0 aliphatic rings. The fraction of sp³-hybridized carbons (Fsp3) is 0. The molecule has 18 heavy (non-hydrogen) atoms. The Morgan fingerprint density at radius 3 is 2.17 bits per heavy atom. The van der Waals surface area contributed by atoms with Crippen LogP contribution in [0.3, 0.4) is 0 Å². The molecule has 2 heterocycles. The van der Waals surface area contributed by atoms with E-state index >= 15 is 0 Å². The largest absolute Gasteiger partial charge is 2.00 e. The number of hydrogen-bond acceptors (Lipinski definition) is 7. The number of rotatable bonds is 0. The Labute approximate surface area is 113 Å². The van der Waals surface area contributed by atoms with Gasteiger partial charge in [0.2, 0.25) is 0 Å². The predicted octanol–water partition coefficient (Wildman–Crippen LogP) is -3.91. The summed E-state index contributed by atoms with van der Waals surface area (Å²) in [6.07, 6.45) is 2.62. The summed E-state index contributed by atoms with van der Waals surface area (Å²) in [6.45, 7) is 0. The number of nitrogens with zero attached hydrogens (tertiary/aromatic N) is 3. The van der Waals surface area contributed by atoms with Crippen molar-refractivity contribution in [1.82, 2.24) is 19.9 Å². The van der Waals surface area contributed by atoms with E-state index in [2.05, 4.69) is 19.9 Å². The van der Waals surface area contributed by atoms with Gasteiger partial charge in [-0.05, 0) is 0 Å². The van der Waals surface area contributed by atoms with Gasteiger partial charge in [-0.3, -0.25) is 13.2 Å². The van der Waals surface area contributed by atoms with Gasteiger partial charge in [-0.15, -0.1) is 0 Å². The van der Waals surface area contributed by atoms with Crippen LogP contribution < -0.4 is 10.5 Å². The van der Waals surface area contributed by atoms with Crippen LogP contribution in [0.4, 0.5) is 0 Å². The predicted molar refractivity (Wildman–Crippen MR) is 53.7 cm³/mol. The normalized spacial score (nSPS) is 9.00. The third-order valence-corrected chi connectivity index (χ3v) is 1.18. The summed E-state index contributed by atoms with van der Waals surface area (Å²) in [5.74, 6) is 0. The minimum atomic E-state index is -5.17. The summed E-state index contributed by atoms with van der Waals surface area (Å²) >= 11 is 0. The van der Waals surface area contributed by atoms with E-state index in [9.17, 15) is 4.79 Å². The van der Waals surface area contributed by atoms with Crippen molar-refractivity contribution in [2.45, 2.75) is 0 Å². The zero-order chi connectivity index (χ0) is 11.5. The number of imidazole rings is 1. The van der Waals surface area contributed by atoms with Crippen LogP contribution in [-0.4, -0.2) is 32.5 Å². The van der Waals surface area contributed by atoms with Crippen LogP contribution in [0.15, 0.2) is 17.4 Å². The minimum Gasteiger partial charge on any atom is -0.759 e. The smallest absolute Gasteiger partial charge is 0.759 e. The summed E-state index contributed by atoms with van der Waals surface area (Å²) in [5.41, 5.74) is 0.439. The fourth-order valence-corrected chi connectivity index (χ4v) is 0.735. The molecule has 7 N–H and O–H groups in total. The Morgan fingerprint density at radius 1 is 1.22 bits per heavy atom. The second-order valence-electron chi connectivity index (χ2n) is 2.19. The number of nitrogens with one attached hydrogen (secondary N) is 1. The minimum absolute atomic E-state index is 0. The van der Waals surface area contributed by atoms with Gasteiger partial charge in [-0.25, -0.2) is 4.98 Å². The van der Waals surface area contributed by atoms with Gasteiger partial charge in [0, 0.05) is 15.9 Å². The van der Waals surface area contributed by atoms with E-state index in [4.69, 9.17) is 17.5 Å². The molecular formula is C5H9N4O7SZn+. The first-order valence-corrected chi connectivity index (χ1v) is 4.69. The van der Waals surface area contributed by atoms with E-state index in [1.54, 1.807) is 0 Å². The molecule has 0 saturated heterocycles. The summed E-state index contributed by atoms with van der Waals surface area (Å²) < 4.78 is 34.1. The van der Waals surface area contributed by atoms with Gasteiger partial charge >= 0.3 is 19.5 Å². The molecule has 0 atom stereocenters. The molecule has 0 spiro atoms. The standard InChI is InChI=1S/C5H4N4O.H2O4S.2H2O.Zn/c10-5-3-4(7-1-6-3)8-2-9-5;1-5(2,3)4;;;/h1-2H,(H2,6,7,8,9,10);(H2,1,2,3,4);2*1H2;/q;;;;+2/p-1. The quantitative estimate of drug-likeness (QED) is 0.216. The molecule has 11 nitrogen and oxygen atoms in total. The molecule has 13 heteroatoms. The Hall–Kier alpha value is -1.24. The van der Waals surface area contributed by atoms with E-state index in [1.807, 2.05) is 0 Å². The Morgan fingerprint density at radius 2 is 1.72 bits per heavy atom. The monoisotopic (exact) mass is 333 g/mol. The van der Waals surface area contributed by atoms with Crippen LogP contribution in [0, 0.1) is 0 Å². The zero-order valence-electron chi connectivity index (χ0n) is 8.81. The van der Waals surface area contributed by atoms with E-state index < -0.39 is 10.4 Å². The number of fused-ring (bicyclic) bond motifs is 1. The molecule has 0 saturated carbocycles. The van der Waals surface area contributed by atoms with Crippen molar-refractivity contribution in [2.75, 3.05) is 0 Å². The first-order valence-electron chi connectivity index (χ1n) is 3.35. The van der Waals surface area contributed by atoms with E-state index in [0.29, 0.717) is 11.2 Å². The van der Waals surface area contributed by atoms with Crippen molar-refractivity contribution in [3.05, 3.63) is 23.0 Å². The number of H-pyrrole nitrogens is 1. The second kappa shape index (κ2) is 8.80. The van der Waals surface area contributed by atoms with Crippen LogP contribution in [0.1, 0.15) is 0 Å². The molecule has 0 radical (unpaired) electrons. The first kappa shape index (κ1) is 22.0. The van der Waals surface area contributed by atoms with Crippen molar-refractivity contribution in [3.63, 3.8) is 0 Å². The summed E-state index contributed by atoms with van der Waals surface area (Å²) in [7, 11) is -5.17. The molecule has 0 aliphatic heterocycles. The maximum absolute atomic E-state index is 10.8. The van der Waals surface area contributed by atoms with Gasteiger partial charge in [0.25, 0.3) is 5.56 Å². The van der Waals surface area contributed by atoms with Gasteiger partial charge in [-0.2, -0.15) is 0 Å². The summed E-state index contributed by atoms with van der Waals surface area (Å²) in [6, 6.07) is 0. The molecule has 0 aromatic carbocycles. The average molecular weight is 335 g/mol. The van der Waals surface area contributed by atoms with E-state index in [0.717, 1.165) is 0 Å². The maximum Gasteiger partial charge on any atom is 2.00 e. The second-order valence-corrected chi connectivity index (χ2v) is 3.00. The molecule has 0 fully saturated rings. The van der Waals surface area contributed by atoms with E-state index in [1.165, 1.54) is 12.7 Å². The van der Waals surface area contributed by atoms with Gasteiger partial charge in [0.05, 0.1) is 12.0 Å². The number of hydrogen-bond donors (Lipinski definition) is 1. The Balaban J connectivity index is -0.000000252. The number of aromatic nitrogens is 4. The fourth-order valence-electron chi connectivity index (χ4n) is 0.735. The van der Waals surface area contributed by atoms with Gasteiger partial charge in [0.1, 0.15) is 0 Å². The van der Waals surface area contributed by atoms with Crippen LogP contribution in [0.2, 0.25) is 0 Å². The van der Waals surface area contributed by atoms with Crippen LogP contribution >= 0.6 is 0 Å². The third kappa shape index (κ3) is 7.94. The van der Waals surface area contributed by atoms with Crippen molar-refractivity contribution >= 4 is 21.6 Å². The third-order valence-electron chi connectivity index (χ3n) is 1.18. The molecule has 0 aliphatic carbocycles. The molecule has 2 rings (SSSR count). The molecule has 2 aromatic rings. The maximum atomic E-state index is 10.8. The molecule has 98 valence electrons. The first-order chi connectivity index (χ1) is 6.88. The van der Waals surface area contributed by atoms with Gasteiger partial charge in [0.15, 0.2) is 0 Å². The van der Waals surface area contributed by atoms with Crippen molar-refractivity contribution in [3.8, 4) is 0 Å². The van der Waals surface area contributed by atoms with E-state index in [-0.39, 0.29) is 36.0 Å². The molecule has 0 bridgehead atoms. The molecular weight excluding hydrogens is 326 g/mol. The van der Waals surface area contributed by atoms with Crippen LogP contribution in [0.25, 0.3) is 11.2 Å². The van der Waals surface area contributed by atoms with Crippen LogP contribution in [0.5, 0.6) is 0 Å². The summed E-state index contributed by atoms with van der Waals surface area (Å²) in [4.78, 5) is 24.4. The SMILES string of the molecule is O=S(=O)([O-])[O-].O=c1[nH]cnc2nc[n-]c12.[OH3+].[OH3+].[Zn+2]. The topological polar surface area (TPSA) is 219 Å². The van der Waals surface area contributed by atoms with Gasteiger partial charge < -0.3 is 35.0 Å². The summed E-state index contributed by atoms with van der Waals surface area (Å²) in [5, 5.41) is 0. The molecule has 0 amide bonds. The number of aromatic amines is 1. The van der Waals surface area contributed by atoms with Crippen molar-refractivity contribution < 1.29 is 48.0 Å². The molecule has 0 unspecified atom stereocenters.